The highest BCUT2D eigenvalue weighted by atomic mass is 32.1. The molecule has 2 unspecified atom stereocenters. The molecule has 20 heavy (non-hydrogen) atoms. The Balaban J connectivity index is 1.75. The number of nitrogens with zero attached hydrogens (tertiary/aromatic N) is 1. The molecule has 2 aromatic rings. The summed E-state index contributed by atoms with van der Waals surface area (Å²) >= 11 is 3.14. The number of hydrogen-bond donors (Lipinski definition) is 1. The van der Waals surface area contributed by atoms with Crippen molar-refractivity contribution in [3.8, 4) is 10.6 Å². The summed E-state index contributed by atoms with van der Waals surface area (Å²) in [6.07, 6.45) is 3.41. The number of thiazole rings is 1. The molecule has 0 aromatic carbocycles. The van der Waals surface area contributed by atoms with E-state index in [-0.39, 0.29) is 5.91 Å². The average Bonchev–Trinajstić information content (AvgIpc) is 3.09. The molecular formula is C15H18N2OS2. The monoisotopic (exact) mass is 306 g/mol. The summed E-state index contributed by atoms with van der Waals surface area (Å²) in [6.45, 7) is 4.16. The molecule has 1 saturated carbocycles. The molecule has 3 nitrogen and oxygen atoms in total. The van der Waals surface area contributed by atoms with E-state index in [1.807, 2.05) is 18.4 Å². The van der Waals surface area contributed by atoms with Crippen molar-refractivity contribution in [2.45, 2.75) is 39.2 Å². The van der Waals surface area contributed by atoms with Crippen LogP contribution in [-0.2, 0) is 0 Å². The largest absolute Gasteiger partial charge is 0.349 e. The fourth-order valence-corrected chi connectivity index (χ4v) is 4.39. The molecule has 1 aliphatic rings. The molecule has 0 spiro atoms. The summed E-state index contributed by atoms with van der Waals surface area (Å²) in [5, 5.41) is 8.20. The maximum atomic E-state index is 12.4. The maximum Gasteiger partial charge on any atom is 0.263 e. The van der Waals surface area contributed by atoms with Crippen LogP contribution < -0.4 is 5.32 Å². The molecule has 2 heterocycles. The van der Waals surface area contributed by atoms with Crippen molar-refractivity contribution in [1.82, 2.24) is 10.3 Å². The lowest BCUT2D eigenvalue weighted by Gasteiger charge is -2.11. The Morgan fingerprint density at radius 1 is 1.45 bits per heavy atom. The van der Waals surface area contributed by atoms with E-state index in [4.69, 9.17) is 0 Å². The number of aromatic nitrogens is 1. The van der Waals surface area contributed by atoms with Gasteiger partial charge in [0.2, 0.25) is 0 Å². The lowest BCUT2D eigenvalue weighted by molar-refractivity contribution is 0.0940. The van der Waals surface area contributed by atoms with Gasteiger partial charge in [-0.2, -0.15) is 11.3 Å². The van der Waals surface area contributed by atoms with Crippen molar-refractivity contribution in [3.63, 3.8) is 0 Å². The minimum atomic E-state index is 0.0422. The van der Waals surface area contributed by atoms with Gasteiger partial charge in [-0.25, -0.2) is 4.98 Å². The summed E-state index contributed by atoms with van der Waals surface area (Å²) in [5.41, 5.74) is 1.94. The van der Waals surface area contributed by atoms with Gasteiger partial charge in [-0.15, -0.1) is 11.3 Å². The van der Waals surface area contributed by atoms with Gasteiger partial charge < -0.3 is 5.32 Å². The Labute approximate surface area is 127 Å². The van der Waals surface area contributed by atoms with Gasteiger partial charge in [-0.1, -0.05) is 6.92 Å². The Morgan fingerprint density at radius 3 is 2.95 bits per heavy atom. The second-order valence-electron chi connectivity index (χ2n) is 5.53. The number of rotatable bonds is 3. The standard InChI is InChI=1S/C15H18N2OS2/c1-9-3-4-12(7-9)17-14(18)13-10(2)16-15(20-13)11-5-6-19-8-11/h5-6,8-9,12H,3-4,7H2,1-2H3,(H,17,18). The predicted molar refractivity (Wildman–Crippen MR) is 84.4 cm³/mol. The Morgan fingerprint density at radius 2 is 2.30 bits per heavy atom. The molecule has 1 amide bonds. The van der Waals surface area contributed by atoms with E-state index >= 15 is 0 Å². The smallest absolute Gasteiger partial charge is 0.263 e. The van der Waals surface area contributed by atoms with Crippen molar-refractivity contribution < 1.29 is 4.79 Å². The second kappa shape index (κ2) is 5.66. The molecule has 2 aromatic heterocycles. The number of amides is 1. The fraction of sp³-hybridized carbons (Fsp3) is 0.467. The maximum absolute atomic E-state index is 12.4. The van der Waals surface area contributed by atoms with Gasteiger partial charge in [0.15, 0.2) is 0 Å². The number of carbonyl (C=O) groups is 1. The zero-order valence-electron chi connectivity index (χ0n) is 11.7. The molecule has 5 heteroatoms. The van der Waals surface area contributed by atoms with E-state index in [0.717, 1.165) is 39.9 Å². The van der Waals surface area contributed by atoms with Gasteiger partial charge in [0.1, 0.15) is 9.88 Å². The summed E-state index contributed by atoms with van der Waals surface area (Å²) in [4.78, 5) is 17.7. The van der Waals surface area contributed by atoms with Gasteiger partial charge in [0.05, 0.1) is 5.69 Å². The molecule has 1 aliphatic carbocycles. The highest BCUT2D eigenvalue weighted by molar-refractivity contribution is 7.17. The van der Waals surface area contributed by atoms with E-state index in [1.165, 1.54) is 17.8 Å². The third kappa shape index (κ3) is 2.79. The topological polar surface area (TPSA) is 42.0 Å². The molecule has 2 atom stereocenters. The normalized spacial score (nSPS) is 22.1. The van der Waals surface area contributed by atoms with Gasteiger partial charge in [0.25, 0.3) is 5.91 Å². The van der Waals surface area contributed by atoms with Crippen LogP contribution in [0.3, 0.4) is 0 Å². The van der Waals surface area contributed by atoms with E-state index in [2.05, 4.69) is 22.6 Å². The van der Waals surface area contributed by atoms with Crippen molar-refractivity contribution in [2.24, 2.45) is 5.92 Å². The number of carbonyl (C=O) groups excluding carboxylic acids is 1. The van der Waals surface area contributed by atoms with Crippen LogP contribution in [0.1, 0.15) is 41.6 Å². The Kier molecular flexibility index (Phi) is 3.89. The molecule has 3 rings (SSSR count). The van der Waals surface area contributed by atoms with Crippen molar-refractivity contribution in [1.29, 1.82) is 0 Å². The first kappa shape index (κ1) is 13.8. The molecule has 0 radical (unpaired) electrons. The van der Waals surface area contributed by atoms with E-state index < -0.39 is 0 Å². The third-order valence-electron chi connectivity index (χ3n) is 3.80. The van der Waals surface area contributed by atoms with E-state index in [1.54, 1.807) is 11.3 Å². The first-order chi connectivity index (χ1) is 9.63. The molecule has 106 valence electrons. The van der Waals surface area contributed by atoms with Gasteiger partial charge >= 0.3 is 0 Å². The second-order valence-corrected chi connectivity index (χ2v) is 7.31. The van der Waals surface area contributed by atoms with Crippen LogP contribution in [0.4, 0.5) is 0 Å². The number of nitrogens with one attached hydrogen (secondary N) is 1. The van der Waals surface area contributed by atoms with Crippen molar-refractivity contribution in [3.05, 3.63) is 27.4 Å². The number of thiophene rings is 1. The first-order valence-electron chi connectivity index (χ1n) is 6.94. The summed E-state index contributed by atoms with van der Waals surface area (Å²) in [7, 11) is 0. The Hall–Kier alpha value is -1.20. The molecular weight excluding hydrogens is 288 g/mol. The van der Waals surface area contributed by atoms with Crippen LogP contribution in [0.15, 0.2) is 16.8 Å². The number of hydrogen-bond acceptors (Lipinski definition) is 4. The predicted octanol–water partition coefficient (Wildman–Crippen LogP) is 4.10. The van der Waals surface area contributed by atoms with Gasteiger partial charge in [-0.05, 0) is 43.6 Å². The lowest BCUT2D eigenvalue weighted by atomic mass is 10.1. The zero-order valence-corrected chi connectivity index (χ0v) is 13.3. The average molecular weight is 306 g/mol. The molecule has 0 aliphatic heterocycles. The quantitative estimate of drug-likeness (QED) is 0.927. The van der Waals surface area contributed by atoms with Crippen LogP contribution in [-0.4, -0.2) is 16.9 Å². The van der Waals surface area contributed by atoms with Crippen LogP contribution in [0, 0.1) is 12.8 Å². The van der Waals surface area contributed by atoms with E-state index in [0.29, 0.717) is 6.04 Å². The van der Waals surface area contributed by atoms with Gasteiger partial charge in [0, 0.05) is 17.0 Å². The van der Waals surface area contributed by atoms with Crippen molar-refractivity contribution >= 4 is 28.6 Å². The first-order valence-corrected chi connectivity index (χ1v) is 8.70. The number of aryl methyl sites for hydroxylation is 1. The molecule has 1 N–H and O–H groups in total. The van der Waals surface area contributed by atoms with Gasteiger partial charge in [-0.3, -0.25) is 4.79 Å². The Bertz CT molecular complexity index is 603. The lowest BCUT2D eigenvalue weighted by Crippen LogP contribution is -2.32. The van der Waals surface area contributed by atoms with Crippen molar-refractivity contribution in [2.75, 3.05) is 0 Å². The zero-order chi connectivity index (χ0) is 14.1. The van der Waals surface area contributed by atoms with Crippen LogP contribution in [0.5, 0.6) is 0 Å². The summed E-state index contributed by atoms with van der Waals surface area (Å²) in [6, 6.07) is 2.38. The molecule has 0 bridgehead atoms. The molecule has 1 fully saturated rings. The third-order valence-corrected chi connectivity index (χ3v) is 5.69. The van der Waals surface area contributed by atoms with Crippen LogP contribution >= 0.6 is 22.7 Å². The minimum absolute atomic E-state index is 0.0422. The highest BCUT2D eigenvalue weighted by Crippen LogP contribution is 2.30. The summed E-state index contributed by atoms with van der Waals surface area (Å²) in [5.74, 6) is 0.768. The summed E-state index contributed by atoms with van der Waals surface area (Å²) < 4.78 is 0. The van der Waals surface area contributed by atoms with E-state index in [9.17, 15) is 4.79 Å². The van der Waals surface area contributed by atoms with Crippen LogP contribution in [0.25, 0.3) is 10.6 Å². The molecule has 0 saturated heterocycles. The highest BCUT2D eigenvalue weighted by Gasteiger charge is 2.25. The fourth-order valence-electron chi connectivity index (χ4n) is 2.71. The minimum Gasteiger partial charge on any atom is -0.349 e. The SMILES string of the molecule is Cc1nc(-c2ccsc2)sc1C(=O)NC1CCC(C)C1. The van der Waals surface area contributed by atoms with Crippen LogP contribution in [0.2, 0.25) is 0 Å².